The van der Waals surface area contributed by atoms with E-state index in [4.69, 9.17) is 9.47 Å². The summed E-state index contributed by atoms with van der Waals surface area (Å²) < 4.78 is 10.6. The molecule has 5 nitrogen and oxygen atoms in total. The van der Waals surface area contributed by atoms with Crippen molar-refractivity contribution in [2.24, 2.45) is 0 Å². The molecule has 124 valence electrons. The molecule has 1 aliphatic rings. The van der Waals surface area contributed by atoms with Gasteiger partial charge in [-0.2, -0.15) is 11.8 Å². The van der Waals surface area contributed by atoms with Gasteiger partial charge in [0.25, 0.3) is 5.91 Å². The maximum Gasteiger partial charge on any atom is 0.255 e. The summed E-state index contributed by atoms with van der Waals surface area (Å²) >= 11 is 1.72. The van der Waals surface area contributed by atoms with Crippen LogP contribution in [0.3, 0.4) is 0 Å². The Bertz CT molecular complexity index is 786. The molecule has 6 heteroatoms. The zero-order valence-corrected chi connectivity index (χ0v) is 14.2. The molecule has 0 saturated carbocycles. The SMILES string of the molecule is CSCc1ccc(C(=O)Nc2cc3c(cc2C(C)=O)OCO3)cc1. The van der Waals surface area contributed by atoms with Crippen molar-refractivity contribution in [2.45, 2.75) is 12.7 Å². The largest absolute Gasteiger partial charge is 0.454 e. The topological polar surface area (TPSA) is 64.6 Å². The molecule has 3 rings (SSSR count). The van der Waals surface area contributed by atoms with Gasteiger partial charge in [0.15, 0.2) is 17.3 Å². The van der Waals surface area contributed by atoms with E-state index >= 15 is 0 Å². The second kappa shape index (κ2) is 6.97. The van der Waals surface area contributed by atoms with E-state index in [0.29, 0.717) is 28.3 Å². The van der Waals surface area contributed by atoms with E-state index in [-0.39, 0.29) is 18.5 Å². The predicted octanol–water partition coefficient (Wildman–Crippen LogP) is 3.73. The summed E-state index contributed by atoms with van der Waals surface area (Å²) in [5, 5.41) is 2.79. The maximum absolute atomic E-state index is 12.5. The fraction of sp³-hybridized carbons (Fsp3) is 0.222. The number of fused-ring (bicyclic) bond motifs is 1. The standard InChI is InChI=1S/C18H17NO4S/c1-11(20)14-7-16-17(23-10-22-16)8-15(14)19-18(21)13-5-3-12(4-6-13)9-24-2/h3-8H,9-10H2,1-2H3,(H,19,21). The van der Waals surface area contributed by atoms with Crippen molar-refractivity contribution in [3.63, 3.8) is 0 Å². The minimum absolute atomic E-state index is 0.112. The first-order valence-corrected chi connectivity index (χ1v) is 8.81. The van der Waals surface area contributed by atoms with Gasteiger partial charge in [0.2, 0.25) is 6.79 Å². The van der Waals surface area contributed by atoms with Gasteiger partial charge in [-0.1, -0.05) is 12.1 Å². The smallest absolute Gasteiger partial charge is 0.255 e. The number of anilines is 1. The van der Waals surface area contributed by atoms with Crippen LogP contribution in [0.2, 0.25) is 0 Å². The fourth-order valence-electron chi connectivity index (χ4n) is 2.45. The summed E-state index contributed by atoms with van der Waals surface area (Å²) in [6, 6.07) is 10.6. The lowest BCUT2D eigenvalue weighted by Gasteiger charge is -2.11. The van der Waals surface area contributed by atoms with Gasteiger partial charge in [0, 0.05) is 22.9 Å². The third-order valence-corrected chi connectivity index (χ3v) is 4.29. The van der Waals surface area contributed by atoms with Crippen molar-refractivity contribution < 1.29 is 19.1 Å². The number of amides is 1. The number of nitrogens with one attached hydrogen (secondary N) is 1. The molecule has 1 heterocycles. The lowest BCUT2D eigenvalue weighted by Crippen LogP contribution is -2.14. The van der Waals surface area contributed by atoms with Gasteiger partial charge in [-0.25, -0.2) is 0 Å². The van der Waals surface area contributed by atoms with Crippen molar-refractivity contribution in [1.29, 1.82) is 0 Å². The van der Waals surface area contributed by atoms with Crippen LogP contribution in [0.15, 0.2) is 36.4 Å². The van der Waals surface area contributed by atoms with Crippen LogP contribution in [-0.2, 0) is 5.75 Å². The minimum Gasteiger partial charge on any atom is -0.454 e. The van der Waals surface area contributed by atoms with Crippen LogP contribution >= 0.6 is 11.8 Å². The van der Waals surface area contributed by atoms with Crippen LogP contribution in [0.25, 0.3) is 0 Å². The van der Waals surface area contributed by atoms with E-state index in [1.807, 2.05) is 18.4 Å². The van der Waals surface area contributed by atoms with Crippen LogP contribution in [0.5, 0.6) is 11.5 Å². The molecule has 2 aromatic carbocycles. The number of ether oxygens (including phenoxy) is 2. The third-order valence-electron chi connectivity index (χ3n) is 3.67. The fourth-order valence-corrected chi connectivity index (χ4v) is 2.98. The molecule has 0 fully saturated rings. The Labute approximate surface area is 144 Å². The van der Waals surface area contributed by atoms with Crippen LogP contribution in [-0.4, -0.2) is 24.7 Å². The predicted molar refractivity (Wildman–Crippen MR) is 94.2 cm³/mol. The Morgan fingerprint density at radius 2 is 1.79 bits per heavy atom. The Hall–Kier alpha value is -2.47. The van der Waals surface area contributed by atoms with Crippen molar-refractivity contribution in [3.05, 3.63) is 53.1 Å². The molecule has 2 aromatic rings. The molecule has 0 aliphatic carbocycles. The number of rotatable bonds is 5. The molecular weight excluding hydrogens is 326 g/mol. The minimum atomic E-state index is -0.271. The molecule has 0 aromatic heterocycles. The van der Waals surface area contributed by atoms with Gasteiger partial charge in [0.1, 0.15) is 0 Å². The third kappa shape index (κ3) is 3.38. The summed E-state index contributed by atoms with van der Waals surface area (Å²) in [6.45, 7) is 1.56. The molecule has 0 radical (unpaired) electrons. The van der Waals surface area contributed by atoms with E-state index in [2.05, 4.69) is 5.32 Å². The molecule has 24 heavy (non-hydrogen) atoms. The first-order valence-electron chi connectivity index (χ1n) is 7.42. The van der Waals surface area contributed by atoms with Gasteiger partial charge in [-0.3, -0.25) is 9.59 Å². The zero-order chi connectivity index (χ0) is 17.1. The van der Waals surface area contributed by atoms with Gasteiger partial charge >= 0.3 is 0 Å². The van der Waals surface area contributed by atoms with Crippen molar-refractivity contribution in [2.75, 3.05) is 18.4 Å². The first kappa shape index (κ1) is 16.4. The molecule has 0 spiro atoms. The van der Waals surface area contributed by atoms with Crippen LogP contribution in [0, 0.1) is 0 Å². The number of ketones is 1. The summed E-state index contributed by atoms with van der Waals surface area (Å²) in [5.74, 6) is 1.51. The average Bonchev–Trinajstić information content (AvgIpc) is 3.02. The van der Waals surface area contributed by atoms with Crippen LogP contribution < -0.4 is 14.8 Å². The van der Waals surface area contributed by atoms with Gasteiger partial charge in [-0.05, 0) is 36.9 Å². The Morgan fingerprint density at radius 3 is 2.42 bits per heavy atom. The summed E-state index contributed by atoms with van der Waals surface area (Å²) in [7, 11) is 0. The quantitative estimate of drug-likeness (QED) is 0.838. The van der Waals surface area contributed by atoms with Crippen molar-refractivity contribution in [1.82, 2.24) is 0 Å². The number of hydrogen-bond donors (Lipinski definition) is 1. The van der Waals surface area contributed by atoms with E-state index in [0.717, 1.165) is 11.3 Å². The number of Topliss-reactive ketones (excluding diaryl/α,β-unsaturated/α-hetero) is 1. The monoisotopic (exact) mass is 343 g/mol. The van der Waals surface area contributed by atoms with Crippen LogP contribution in [0.1, 0.15) is 33.2 Å². The highest BCUT2D eigenvalue weighted by Gasteiger charge is 2.20. The molecule has 0 atom stereocenters. The lowest BCUT2D eigenvalue weighted by atomic mass is 10.1. The zero-order valence-electron chi connectivity index (χ0n) is 13.4. The van der Waals surface area contributed by atoms with Crippen molar-refractivity contribution in [3.8, 4) is 11.5 Å². The highest BCUT2D eigenvalue weighted by atomic mass is 32.2. The van der Waals surface area contributed by atoms with Gasteiger partial charge in [0.05, 0.1) is 5.69 Å². The lowest BCUT2D eigenvalue weighted by molar-refractivity contribution is 0.101. The van der Waals surface area contributed by atoms with Gasteiger partial charge < -0.3 is 14.8 Å². The molecule has 0 unspecified atom stereocenters. The molecule has 1 aliphatic heterocycles. The Balaban J connectivity index is 1.84. The molecule has 1 N–H and O–H groups in total. The van der Waals surface area contributed by atoms with E-state index in [9.17, 15) is 9.59 Å². The number of thioether (sulfide) groups is 1. The van der Waals surface area contributed by atoms with E-state index in [1.165, 1.54) is 6.92 Å². The molecular formula is C18H17NO4S. The molecule has 1 amide bonds. The average molecular weight is 343 g/mol. The molecule has 0 saturated heterocycles. The second-order valence-electron chi connectivity index (χ2n) is 5.39. The Morgan fingerprint density at radius 1 is 1.12 bits per heavy atom. The summed E-state index contributed by atoms with van der Waals surface area (Å²) in [6.07, 6.45) is 2.03. The highest BCUT2D eigenvalue weighted by molar-refractivity contribution is 7.97. The highest BCUT2D eigenvalue weighted by Crippen LogP contribution is 2.37. The van der Waals surface area contributed by atoms with E-state index < -0.39 is 0 Å². The maximum atomic E-state index is 12.5. The Kier molecular flexibility index (Phi) is 4.76. The second-order valence-corrected chi connectivity index (χ2v) is 6.26. The molecule has 0 bridgehead atoms. The van der Waals surface area contributed by atoms with Gasteiger partial charge in [-0.15, -0.1) is 0 Å². The van der Waals surface area contributed by atoms with Crippen LogP contribution in [0.4, 0.5) is 5.69 Å². The van der Waals surface area contributed by atoms with E-state index in [1.54, 1.807) is 36.0 Å². The number of carbonyl (C=O) groups is 2. The summed E-state index contributed by atoms with van der Waals surface area (Å²) in [5.41, 5.74) is 2.51. The van der Waals surface area contributed by atoms with Crippen molar-refractivity contribution >= 4 is 29.1 Å². The number of carbonyl (C=O) groups excluding carboxylic acids is 2. The number of hydrogen-bond acceptors (Lipinski definition) is 5. The first-order chi connectivity index (χ1) is 11.6. The number of benzene rings is 2. The normalized spacial score (nSPS) is 12.1. The summed E-state index contributed by atoms with van der Waals surface area (Å²) in [4.78, 5) is 24.3.